The van der Waals surface area contributed by atoms with Gasteiger partial charge in [-0.2, -0.15) is 0 Å². The zero-order chi connectivity index (χ0) is 15.2. The maximum Gasteiger partial charge on any atom is 0.323 e. The lowest BCUT2D eigenvalue weighted by Crippen LogP contribution is -2.49. The third-order valence-electron chi connectivity index (χ3n) is 3.81. The summed E-state index contributed by atoms with van der Waals surface area (Å²) < 4.78 is 16.4. The van der Waals surface area contributed by atoms with Gasteiger partial charge in [-0.15, -0.1) is 0 Å². The van der Waals surface area contributed by atoms with E-state index in [0.29, 0.717) is 0 Å². The van der Waals surface area contributed by atoms with Crippen LogP contribution in [0.4, 0.5) is 0 Å². The molecule has 0 aliphatic rings. The molecule has 0 unspecified atom stereocenters. The Morgan fingerprint density at radius 3 is 2.05 bits per heavy atom. The van der Waals surface area contributed by atoms with E-state index < -0.39 is 5.60 Å². The van der Waals surface area contributed by atoms with Gasteiger partial charge in [0.15, 0.2) is 0 Å². The molecule has 0 bridgehead atoms. The second kappa shape index (κ2) is 6.96. The van der Waals surface area contributed by atoms with Crippen molar-refractivity contribution in [3.8, 4) is 5.75 Å². The highest BCUT2D eigenvalue weighted by Gasteiger charge is 2.37. The molecule has 109 valence electrons. The number of hydrogen-bond donors (Lipinski definition) is 0. The van der Waals surface area contributed by atoms with Crippen LogP contribution in [0.1, 0.15) is 33.3 Å². The zero-order valence-corrected chi connectivity index (χ0v) is 13.3. The molecule has 0 aromatic heterocycles. The van der Waals surface area contributed by atoms with E-state index in [-0.39, 0.29) is 5.60 Å². The maximum atomic E-state index is 5.79. The molecule has 1 radical (unpaired) electrons. The van der Waals surface area contributed by atoms with Crippen molar-refractivity contribution in [1.82, 2.24) is 0 Å². The van der Waals surface area contributed by atoms with Gasteiger partial charge in [0.25, 0.3) is 0 Å². The van der Waals surface area contributed by atoms with E-state index >= 15 is 0 Å². The van der Waals surface area contributed by atoms with Crippen LogP contribution in [0.15, 0.2) is 30.2 Å². The first kappa shape index (κ1) is 16.8. The second-order valence-corrected chi connectivity index (χ2v) is 5.61. The number of rotatable bonds is 7. The molecular formula is C16H24BO3. The molecular weight excluding hydrogens is 251 g/mol. The summed E-state index contributed by atoms with van der Waals surface area (Å²) >= 11 is 0. The molecule has 0 amide bonds. The van der Waals surface area contributed by atoms with Crippen molar-refractivity contribution in [2.75, 3.05) is 14.2 Å². The van der Waals surface area contributed by atoms with Crippen molar-refractivity contribution in [2.45, 2.75) is 38.9 Å². The van der Waals surface area contributed by atoms with Gasteiger partial charge in [0.1, 0.15) is 5.75 Å². The Kier molecular flexibility index (Phi) is 5.84. The van der Waals surface area contributed by atoms with E-state index in [2.05, 4.69) is 0 Å². The van der Waals surface area contributed by atoms with Gasteiger partial charge in [-0.3, -0.25) is 0 Å². The molecule has 0 spiro atoms. The largest absolute Gasteiger partial charge is 0.497 e. The Morgan fingerprint density at radius 1 is 0.950 bits per heavy atom. The zero-order valence-electron chi connectivity index (χ0n) is 13.3. The van der Waals surface area contributed by atoms with E-state index in [1.165, 1.54) is 0 Å². The van der Waals surface area contributed by atoms with Crippen LogP contribution in [0.5, 0.6) is 5.75 Å². The molecule has 3 nitrogen and oxygen atoms in total. The summed E-state index contributed by atoms with van der Waals surface area (Å²) in [6, 6.07) is 7.85. The summed E-state index contributed by atoms with van der Waals surface area (Å²) in [5.41, 5.74) is 0.318. The molecule has 20 heavy (non-hydrogen) atoms. The van der Waals surface area contributed by atoms with Gasteiger partial charge >= 0.3 is 7.48 Å². The lowest BCUT2D eigenvalue weighted by molar-refractivity contribution is -0.114. The van der Waals surface area contributed by atoms with E-state index in [9.17, 15) is 0 Å². The minimum Gasteiger partial charge on any atom is -0.497 e. The lowest BCUT2D eigenvalue weighted by atomic mass is 9.86. The predicted octanol–water partition coefficient (Wildman–Crippen LogP) is 3.51. The first-order chi connectivity index (χ1) is 9.32. The monoisotopic (exact) mass is 275 g/mol. The lowest BCUT2D eigenvalue weighted by Gasteiger charge is -2.40. The smallest absolute Gasteiger partial charge is 0.323 e. The molecule has 0 fully saturated rings. The molecule has 0 atom stereocenters. The van der Waals surface area contributed by atoms with Crippen molar-refractivity contribution >= 4 is 13.6 Å². The van der Waals surface area contributed by atoms with Crippen LogP contribution in [-0.4, -0.2) is 32.9 Å². The highest BCUT2D eigenvalue weighted by Crippen LogP contribution is 2.27. The third-order valence-corrected chi connectivity index (χ3v) is 3.81. The standard InChI is InChI=1S/C16H24BO3/c1-15(2,19-6)16(3,4)20-17-12-11-13-7-9-14(18-5)10-8-13/h7-12H,1-6H3. The third kappa shape index (κ3) is 4.39. The molecule has 0 aliphatic carbocycles. The Hall–Kier alpha value is -1.26. The normalized spacial score (nSPS) is 12.7. The number of methoxy groups -OCH3 is 2. The first-order valence-electron chi connectivity index (χ1n) is 6.69. The van der Waals surface area contributed by atoms with Crippen LogP contribution < -0.4 is 4.74 Å². The molecule has 0 saturated heterocycles. The molecule has 0 heterocycles. The molecule has 4 heteroatoms. The van der Waals surface area contributed by atoms with Crippen LogP contribution >= 0.6 is 0 Å². The van der Waals surface area contributed by atoms with E-state index in [4.69, 9.17) is 14.1 Å². The van der Waals surface area contributed by atoms with Crippen molar-refractivity contribution in [3.05, 3.63) is 35.8 Å². The quantitative estimate of drug-likeness (QED) is 0.713. The van der Waals surface area contributed by atoms with Crippen LogP contribution in [0.2, 0.25) is 0 Å². The number of ether oxygens (including phenoxy) is 2. The highest BCUT2D eigenvalue weighted by molar-refractivity contribution is 6.35. The van der Waals surface area contributed by atoms with Crippen LogP contribution in [0.3, 0.4) is 0 Å². The Bertz CT molecular complexity index is 436. The van der Waals surface area contributed by atoms with E-state index in [1.807, 2.05) is 64.0 Å². The topological polar surface area (TPSA) is 27.7 Å². The van der Waals surface area contributed by atoms with Gasteiger partial charge in [-0.1, -0.05) is 24.2 Å². The SMILES string of the molecule is COc1ccc(C=C[B]OC(C)(C)C(C)(C)OC)cc1. The fourth-order valence-corrected chi connectivity index (χ4v) is 1.46. The van der Waals surface area contributed by atoms with Crippen molar-refractivity contribution in [3.63, 3.8) is 0 Å². The average Bonchev–Trinajstić information content (AvgIpc) is 2.44. The van der Waals surface area contributed by atoms with E-state index in [1.54, 1.807) is 21.7 Å². The maximum absolute atomic E-state index is 5.79. The van der Waals surface area contributed by atoms with Gasteiger partial charge in [-0.05, 0) is 45.4 Å². The summed E-state index contributed by atoms with van der Waals surface area (Å²) in [6.45, 7) is 8.03. The molecule has 1 aromatic rings. The van der Waals surface area contributed by atoms with E-state index in [0.717, 1.165) is 11.3 Å². The van der Waals surface area contributed by atoms with Crippen molar-refractivity contribution in [1.29, 1.82) is 0 Å². The molecule has 0 N–H and O–H groups in total. The Morgan fingerprint density at radius 2 is 1.55 bits per heavy atom. The predicted molar refractivity (Wildman–Crippen MR) is 84.0 cm³/mol. The van der Waals surface area contributed by atoms with Crippen LogP contribution in [-0.2, 0) is 9.39 Å². The Labute approximate surface area is 123 Å². The van der Waals surface area contributed by atoms with Crippen molar-refractivity contribution in [2.24, 2.45) is 0 Å². The second-order valence-electron chi connectivity index (χ2n) is 5.61. The molecule has 0 saturated carbocycles. The Balaban J connectivity index is 2.52. The summed E-state index contributed by atoms with van der Waals surface area (Å²) in [5, 5.41) is 0. The van der Waals surface area contributed by atoms with Gasteiger partial charge in [0, 0.05) is 7.11 Å². The van der Waals surface area contributed by atoms with Gasteiger partial charge in [0.2, 0.25) is 0 Å². The molecule has 1 aromatic carbocycles. The summed E-state index contributed by atoms with van der Waals surface area (Å²) in [6.07, 6.45) is 1.98. The average molecular weight is 275 g/mol. The van der Waals surface area contributed by atoms with Crippen LogP contribution in [0.25, 0.3) is 6.08 Å². The summed E-state index contributed by atoms with van der Waals surface area (Å²) in [7, 11) is 5.05. The summed E-state index contributed by atoms with van der Waals surface area (Å²) in [5.74, 6) is 2.74. The minimum atomic E-state index is -0.411. The van der Waals surface area contributed by atoms with Crippen LogP contribution in [0, 0.1) is 0 Å². The molecule has 0 aliphatic heterocycles. The van der Waals surface area contributed by atoms with Gasteiger partial charge < -0.3 is 14.1 Å². The minimum absolute atomic E-state index is 0.364. The summed E-state index contributed by atoms with van der Waals surface area (Å²) in [4.78, 5) is 0. The fourth-order valence-electron chi connectivity index (χ4n) is 1.46. The molecule has 1 rings (SSSR count). The van der Waals surface area contributed by atoms with Crippen molar-refractivity contribution < 1.29 is 14.1 Å². The van der Waals surface area contributed by atoms with Gasteiger partial charge in [0.05, 0.1) is 18.3 Å². The number of benzene rings is 1. The number of hydrogen-bond acceptors (Lipinski definition) is 3. The van der Waals surface area contributed by atoms with Gasteiger partial charge in [-0.25, -0.2) is 0 Å². The highest BCUT2D eigenvalue weighted by atomic mass is 16.5. The fraction of sp³-hybridized carbons (Fsp3) is 0.500. The first-order valence-corrected chi connectivity index (χ1v) is 6.69.